The maximum Gasteiger partial charge on any atom is 0.407 e. The smallest absolute Gasteiger partial charge is 0.407 e. The van der Waals surface area contributed by atoms with E-state index < -0.39 is 18.1 Å². The molecule has 2 aromatic carbocycles. The highest BCUT2D eigenvalue weighted by Crippen LogP contribution is 2.44. The lowest BCUT2D eigenvalue weighted by Crippen LogP contribution is -2.33. The lowest BCUT2D eigenvalue weighted by atomic mass is 9.98. The highest BCUT2D eigenvalue weighted by atomic mass is 16.5. The molecule has 4 rings (SSSR count). The van der Waals surface area contributed by atoms with E-state index in [1.807, 2.05) is 31.2 Å². The van der Waals surface area contributed by atoms with Crippen LogP contribution in [-0.4, -0.2) is 33.6 Å². The lowest BCUT2D eigenvalue weighted by molar-refractivity contribution is -0.137. The fourth-order valence-corrected chi connectivity index (χ4v) is 4.22. The number of aryl methyl sites for hydroxylation is 1. The van der Waals surface area contributed by atoms with E-state index in [9.17, 15) is 14.7 Å². The van der Waals surface area contributed by atoms with Crippen LogP contribution < -0.4 is 5.32 Å². The summed E-state index contributed by atoms with van der Waals surface area (Å²) in [6.45, 7) is 2.83. The Labute approximate surface area is 180 Å². The number of benzene rings is 2. The summed E-state index contributed by atoms with van der Waals surface area (Å²) >= 11 is 0. The van der Waals surface area contributed by atoms with Gasteiger partial charge in [0.15, 0.2) is 0 Å². The molecule has 0 bridgehead atoms. The van der Waals surface area contributed by atoms with Crippen molar-refractivity contribution >= 4 is 12.1 Å². The number of hydrogen-bond acceptors (Lipinski definition) is 4. The van der Waals surface area contributed by atoms with Crippen molar-refractivity contribution in [2.75, 3.05) is 6.61 Å². The molecule has 1 aliphatic rings. The molecule has 3 aromatic rings. The molecule has 0 fully saturated rings. The molecule has 1 atom stereocenters. The second-order valence-corrected chi connectivity index (χ2v) is 7.60. The van der Waals surface area contributed by atoms with Crippen molar-refractivity contribution in [2.45, 2.75) is 38.3 Å². The number of aromatic nitrogens is 2. The van der Waals surface area contributed by atoms with Crippen LogP contribution in [-0.2, 0) is 16.1 Å². The zero-order valence-corrected chi connectivity index (χ0v) is 17.3. The zero-order valence-electron chi connectivity index (χ0n) is 17.3. The van der Waals surface area contributed by atoms with Crippen LogP contribution in [0, 0.1) is 0 Å². The Morgan fingerprint density at radius 2 is 1.74 bits per heavy atom. The number of alkyl carbamates (subject to hydrolysis) is 1. The van der Waals surface area contributed by atoms with Crippen LogP contribution in [0.4, 0.5) is 4.79 Å². The van der Waals surface area contributed by atoms with Gasteiger partial charge in [-0.25, -0.2) is 4.79 Å². The molecule has 2 N–H and O–H groups in total. The third-order valence-electron chi connectivity index (χ3n) is 5.56. The Kier molecular flexibility index (Phi) is 6.02. The molecule has 7 heteroatoms. The lowest BCUT2D eigenvalue weighted by Gasteiger charge is -2.20. The van der Waals surface area contributed by atoms with Gasteiger partial charge in [-0.1, -0.05) is 55.5 Å². The van der Waals surface area contributed by atoms with Gasteiger partial charge in [-0.3, -0.25) is 9.48 Å². The summed E-state index contributed by atoms with van der Waals surface area (Å²) in [5.74, 6) is -1.06. The molecular formula is C24H25N3O4. The van der Waals surface area contributed by atoms with E-state index in [1.165, 1.54) is 0 Å². The molecule has 1 amide bonds. The van der Waals surface area contributed by atoms with E-state index in [0.29, 0.717) is 12.2 Å². The number of hydrogen-bond donors (Lipinski definition) is 2. The molecule has 0 spiro atoms. The van der Waals surface area contributed by atoms with Gasteiger partial charge < -0.3 is 15.2 Å². The van der Waals surface area contributed by atoms with E-state index in [2.05, 4.69) is 34.7 Å². The third kappa shape index (κ3) is 4.30. The Morgan fingerprint density at radius 1 is 1.10 bits per heavy atom. The van der Waals surface area contributed by atoms with Crippen LogP contribution in [0.5, 0.6) is 0 Å². The summed E-state index contributed by atoms with van der Waals surface area (Å²) in [5.41, 5.74) is 5.20. The van der Waals surface area contributed by atoms with Gasteiger partial charge in [-0.2, -0.15) is 5.10 Å². The maximum absolute atomic E-state index is 12.6. The molecule has 1 unspecified atom stereocenters. The summed E-state index contributed by atoms with van der Waals surface area (Å²) in [6.07, 6.45) is 1.57. The van der Waals surface area contributed by atoms with Crippen LogP contribution in [0.3, 0.4) is 0 Å². The number of nitrogens with zero attached hydrogens (tertiary/aromatic N) is 2. The number of ether oxygens (including phenoxy) is 1. The summed E-state index contributed by atoms with van der Waals surface area (Å²) in [4.78, 5) is 24.0. The number of fused-ring (bicyclic) bond motifs is 3. The Morgan fingerprint density at radius 3 is 2.35 bits per heavy atom. The van der Waals surface area contributed by atoms with E-state index >= 15 is 0 Å². The maximum atomic E-state index is 12.6. The van der Waals surface area contributed by atoms with Gasteiger partial charge in [0.2, 0.25) is 0 Å². The average molecular weight is 419 g/mol. The molecule has 31 heavy (non-hydrogen) atoms. The van der Waals surface area contributed by atoms with Crippen LogP contribution in [0.1, 0.15) is 48.5 Å². The number of carbonyl (C=O) groups is 2. The van der Waals surface area contributed by atoms with Gasteiger partial charge in [0.25, 0.3) is 0 Å². The molecule has 0 radical (unpaired) electrons. The molecule has 0 saturated carbocycles. The van der Waals surface area contributed by atoms with Crippen molar-refractivity contribution < 1.29 is 19.4 Å². The van der Waals surface area contributed by atoms with Gasteiger partial charge in [-0.15, -0.1) is 0 Å². The first-order chi connectivity index (χ1) is 15.1. The average Bonchev–Trinajstić information content (AvgIpc) is 3.34. The van der Waals surface area contributed by atoms with Crippen molar-refractivity contribution in [3.63, 3.8) is 0 Å². The Bertz CT molecular complexity index is 1050. The number of carboxylic acids is 1. The zero-order chi connectivity index (χ0) is 21.8. The van der Waals surface area contributed by atoms with Crippen LogP contribution in [0.25, 0.3) is 11.1 Å². The molecule has 7 nitrogen and oxygen atoms in total. The molecule has 0 saturated heterocycles. The van der Waals surface area contributed by atoms with Gasteiger partial charge >= 0.3 is 12.1 Å². The van der Waals surface area contributed by atoms with Gasteiger partial charge in [-0.05, 0) is 34.7 Å². The minimum atomic E-state index is -1.01. The number of aliphatic carboxylic acids is 1. The van der Waals surface area contributed by atoms with E-state index in [-0.39, 0.29) is 18.9 Å². The Hall–Kier alpha value is -3.61. The topological polar surface area (TPSA) is 93.5 Å². The molecule has 1 aliphatic carbocycles. The van der Waals surface area contributed by atoms with Gasteiger partial charge in [0.05, 0.1) is 18.2 Å². The fraction of sp³-hybridized carbons (Fsp3) is 0.292. The highest BCUT2D eigenvalue weighted by Gasteiger charge is 2.29. The first-order valence-electron chi connectivity index (χ1n) is 10.4. The Balaban J connectivity index is 1.48. The summed E-state index contributed by atoms with van der Waals surface area (Å²) in [5, 5.41) is 16.3. The van der Waals surface area contributed by atoms with Crippen molar-refractivity contribution in [1.82, 2.24) is 15.1 Å². The molecule has 0 aliphatic heterocycles. The molecule has 1 aromatic heterocycles. The second kappa shape index (κ2) is 9.04. The standard InChI is InChI=1S/C24H25N3O4/c1-2-13-27-22(11-12-25-27)21(14-23(28)29)26-24(30)31-15-20-18-9-5-3-7-16(18)17-8-4-6-10-19(17)20/h3-12,20-21H,2,13-15H2,1H3,(H,26,30)(H,28,29). The van der Waals surface area contributed by atoms with E-state index in [4.69, 9.17) is 4.74 Å². The largest absolute Gasteiger partial charge is 0.481 e. The molecule has 1 heterocycles. The van der Waals surface area contributed by atoms with Crippen molar-refractivity contribution in [1.29, 1.82) is 0 Å². The highest BCUT2D eigenvalue weighted by molar-refractivity contribution is 5.79. The number of nitrogens with one attached hydrogen (secondary N) is 1. The summed E-state index contributed by atoms with van der Waals surface area (Å²) < 4.78 is 7.30. The normalized spacial score (nSPS) is 13.3. The van der Waals surface area contributed by atoms with Crippen molar-refractivity contribution in [2.24, 2.45) is 0 Å². The van der Waals surface area contributed by atoms with E-state index in [0.717, 1.165) is 28.7 Å². The monoisotopic (exact) mass is 419 g/mol. The quantitative estimate of drug-likeness (QED) is 0.566. The predicted molar refractivity (Wildman–Crippen MR) is 116 cm³/mol. The fourth-order valence-electron chi connectivity index (χ4n) is 4.22. The summed E-state index contributed by atoms with van der Waals surface area (Å²) in [7, 11) is 0. The second-order valence-electron chi connectivity index (χ2n) is 7.60. The molecular weight excluding hydrogens is 394 g/mol. The number of rotatable bonds is 8. The minimum Gasteiger partial charge on any atom is -0.481 e. The minimum absolute atomic E-state index is 0.0540. The van der Waals surface area contributed by atoms with E-state index in [1.54, 1.807) is 16.9 Å². The SMILES string of the molecule is CCCn1nccc1C(CC(=O)O)NC(=O)OCC1c2ccccc2-c2ccccc21. The first kappa shape index (κ1) is 20.7. The summed E-state index contributed by atoms with van der Waals surface area (Å²) in [6, 6.07) is 17.2. The van der Waals surface area contributed by atoms with Crippen molar-refractivity contribution in [3.05, 3.63) is 77.6 Å². The number of carboxylic acid groups (broad SMARTS) is 1. The predicted octanol–water partition coefficient (Wildman–Crippen LogP) is 4.35. The van der Waals surface area contributed by atoms with Crippen LogP contribution in [0.15, 0.2) is 60.8 Å². The number of amides is 1. The van der Waals surface area contributed by atoms with Crippen LogP contribution in [0.2, 0.25) is 0 Å². The van der Waals surface area contributed by atoms with Crippen molar-refractivity contribution in [3.8, 4) is 11.1 Å². The van der Waals surface area contributed by atoms with Gasteiger partial charge in [0.1, 0.15) is 6.61 Å². The van der Waals surface area contributed by atoms with Gasteiger partial charge in [0, 0.05) is 18.7 Å². The van der Waals surface area contributed by atoms with Crippen LogP contribution >= 0.6 is 0 Å². The number of carbonyl (C=O) groups excluding carboxylic acids is 1. The molecule has 160 valence electrons. The first-order valence-corrected chi connectivity index (χ1v) is 10.4. The third-order valence-corrected chi connectivity index (χ3v) is 5.56.